The molecule has 0 spiro atoms. The Kier molecular flexibility index (Phi) is 6.41. The smallest absolute Gasteiger partial charge is 0.332 e. The van der Waals surface area contributed by atoms with Crippen LogP contribution in [-0.4, -0.2) is 51.8 Å². The van der Waals surface area contributed by atoms with Crippen LogP contribution in [0.3, 0.4) is 0 Å². The Balaban J connectivity index is 1.27. The second-order valence-corrected chi connectivity index (χ2v) is 10.1. The maximum absolute atomic E-state index is 13.3. The Hall–Kier alpha value is -4.77. The SMILES string of the molecule is C=CC(=O)N1CCC[C@@H](NC(=O)c2sc3nccc4c3c2NC(=O)N4c2ccc(Oc3ccccc3)cn2)C1. The highest BCUT2D eigenvalue weighted by Crippen LogP contribution is 2.45. The molecule has 1 saturated heterocycles. The molecule has 1 aromatic carbocycles. The molecule has 5 heterocycles. The molecule has 4 aromatic rings. The number of anilines is 3. The quantitative estimate of drug-likeness (QED) is 0.330. The van der Waals surface area contributed by atoms with Crippen LogP contribution >= 0.6 is 11.3 Å². The summed E-state index contributed by atoms with van der Waals surface area (Å²) in [5.41, 5.74) is 1.01. The molecule has 2 aliphatic heterocycles. The van der Waals surface area contributed by atoms with E-state index in [4.69, 9.17) is 4.74 Å². The Morgan fingerprint density at radius 1 is 1.13 bits per heavy atom. The molecule has 2 aliphatic rings. The fourth-order valence-electron chi connectivity index (χ4n) is 4.84. The first-order valence-electron chi connectivity index (χ1n) is 12.5. The third kappa shape index (κ3) is 4.68. The fraction of sp³-hybridized carbons (Fsp3) is 0.179. The average molecular weight is 541 g/mol. The summed E-state index contributed by atoms with van der Waals surface area (Å²) < 4.78 is 5.82. The van der Waals surface area contributed by atoms with Gasteiger partial charge in [0.2, 0.25) is 5.91 Å². The normalized spacial score (nSPS) is 16.5. The summed E-state index contributed by atoms with van der Waals surface area (Å²) in [6.07, 6.45) is 5.99. The van der Waals surface area contributed by atoms with Crippen LogP contribution in [0.2, 0.25) is 0 Å². The maximum Gasteiger partial charge on any atom is 0.332 e. The third-order valence-corrected chi connectivity index (χ3v) is 7.72. The van der Waals surface area contributed by atoms with Gasteiger partial charge < -0.3 is 20.3 Å². The third-order valence-electron chi connectivity index (χ3n) is 6.62. The zero-order valence-electron chi connectivity index (χ0n) is 20.8. The lowest BCUT2D eigenvalue weighted by molar-refractivity contribution is -0.127. The number of hydrogen-bond donors (Lipinski definition) is 2. The van der Waals surface area contributed by atoms with Crippen LogP contribution in [-0.2, 0) is 4.79 Å². The van der Waals surface area contributed by atoms with Gasteiger partial charge in [-0.2, -0.15) is 0 Å². The van der Waals surface area contributed by atoms with E-state index in [1.54, 1.807) is 35.5 Å². The Labute approximate surface area is 227 Å². The number of urea groups is 1. The van der Waals surface area contributed by atoms with Crippen molar-refractivity contribution in [3.63, 3.8) is 0 Å². The number of para-hydroxylation sites is 1. The number of aromatic nitrogens is 2. The second kappa shape index (κ2) is 10.2. The van der Waals surface area contributed by atoms with E-state index in [9.17, 15) is 14.4 Å². The molecule has 11 heteroatoms. The predicted molar refractivity (Wildman–Crippen MR) is 149 cm³/mol. The number of carbonyl (C=O) groups is 3. The van der Waals surface area contributed by atoms with Crippen molar-refractivity contribution >= 4 is 56.6 Å². The standard InChI is InChI=1S/C28H24N6O4S/c1-2-22(35)33-14-6-7-17(16-33)31-26(36)25-24-23-20(12-13-29-27(23)39-25)34(28(37)32-24)21-11-10-19(15-30-21)38-18-8-4-3-5-9-18/h2-5,8-13,15,17H,1,6-7,14,16H2,(H,31,36)(H,32,37)/t17-/m1/s1. The first kappa shape index (κ1) is 24.6. The summed E-state index contributed by atoms with van der Waals surface area (Å²) >= 11 is 1.21. The van der Waals surface area contributed by atoms with Crippen molar-refractivity contribution in [2.45, 2.75) is 18.9 Å². The van der Waals surface area contributed by atoms with E-state index in [0.29, 0.717) is 56.9 Å². The molecule has 2 N–H and O–H groups in total. The molecule has 4 amide bonds. The van der Waals surface area contributed by atoms with Gasteiger partial charge in [-0.15, -0.1) is 11.3 Å². The van der Waals surface area contributed by atoms with Crippen molar-refractivity contribution in [2.24, 2.45) is 0 Å². The highest BCUT2D eigenvalue weighted by molar-refractivity contribution is 7.21. The molecule has 6 rings (SSSR count). The zero-order valence-corrected chi connectivity index (χ0v) is 21.6. The van der Waals surface area contributed by atoms with Gasteiger partial charge in [0.15, 0.2) is 0 Å². The summed E-state index contributed by atoms with van der Waals surface area (Å²) in [6.45, 7) is 4.60. The molecule has 196 valence electrons. The van der Waals surface area contributed by atoms with E-state index in [1.165, 1.54) is 22.3 Å². The van der Waals surface area contributed by atoms with Crippen molar-refractivity contribution < 1.29 is 19.1 Å². The van der Waals surface area contributed by atoms with Crippen molar-refractivity contribution in [3.8, 4) is 11.5 Å². The van der Waals surface area contributed by atoms with Gasteiger partial charge in [0.25, 0.3) is 5.91 Å². The minimum absolute atomic E-state index is 0.152. The van der Waals surface area contributed by atoms with Crippen LogP contribution < -0.4 is 20.3 Å². The van der Waals surface area contributed by atoms with E-state index < -0.39 is 6.03 Å². The highest BCUT2D eigenvalue weighted by Gasteiger charge is 2.34. The lowest BCUT2D eigenvalue weighted by atomic mass is 10.1. The Morgan fingerprint density at radius 2 is 1.97 bits per heavy atom. The minimum atomic E-state index is -0.438. The Morgan fingerprint density at radius 3 is 2.74 bits per heavy atom. The molecule has 0 bridgehead atoms. The number of thiophene rings is 1. The minimum Gasteiger partial charge on any atom is -0.456 e. The molecule has 0 aliphatic carbocycles. The molecule has 39 heavy (non-hydrogen) atoms. The number of piperidine rings is 1. The molecule has 0 unspecified atom stereocenters. The summed E-state index contributed by atoms with van der Waals surface area (Å²) in [7, 11) is 0. The van der Waals surface area contributed by atoms with Crippen molar-refractivity contribution in [1.29, 1.82) is 0 Å². The van der Waals surface area contributed by atoms with Gasteiger partial charge in [-0.1, -0.05) is 24.8 Å². The lowest BCUT2D eigenvalue weighted by Crippen LogP contribution is -2.49. The van der Waals surface area contributed by atoms with Crippen LogP contribution in [0.4, 0.5) is 22.0 Å². The molecular weight excluding hydrogens is 516 g/mol. The number of nitrogens with zero attached hydrogens (tertiary/aromatic N) is 4. The van der Waals surface area contributed by atoms with Gasteiger partial charge >= 0.3 is 6.03 Å². The molecular formula is C28H24N6O4S. The average Bonchev–Trinajstić information content (AvgIpc) is 3.33. The monoisotopic (exact) mass is 540 g/mol. The van der Waals surface area contributed by atoms with Gasteiger partial charge in [-0.05, 0) is 49.2 Å². The number of pyridine rings is 2. The van der Waals surface area contributed by atoms with Gasteiger partial charge in [-0.25, -0.2) is 19.7 Å². The van der Waals surface area contributed by atoms with Crippen molar-refractivity contribution in [3.05, 3.63) is 78.5 Å². The van der Waals surface area contributed by atoms with E-state index in [-0.39, 0.29) is 17.9 Å². The van der Waals surface area contributed by atoms with E-state index in [1.807, 2.05) is 30.3 Å². The second-order valence-electron chi connectivity index (χ2n) is 9.15. The van der Waals surface area contributed by atoms with E-state index >= 15 is 0 Å². The Bertz CT molecular complexity index is 1590. The number of ether oxygens (including phenoxy) is 1. The molecule has 0 radical (unpaired) electrons. The van der Waals surface area contributed by atoms with Crippen LogP contribution in [0, 0.1) is 0 Å². The van der Waals surface area contributed by atoms with Gasteiger partial charge in [0.1, 0.15) is 27.0 Å². The topological polar surface area (TPSA) is 117 Å². The fourth-order valence-corrected chi connectivity index (χ4v) is 5.86. The number of hydrogen-bond acceptors (Lipinski definition) is 7. The van der Waals surface area contributed by atoms with Crippen molar-refractivity contribution in [1.82, 2.24) is 20.2 Å². The number of nitrogens with one attached hydrogen (secondary N) is 2. The largest absolute Gasteiger partial charge is 0.456 e. The number of amides is 4. The van der Waals surface area contributed by atoms with E-state index in [0.717, 1.165) is 12.8 Å². The number of benzene rings is 1. The number of likely N-dealkylation sites (tertiary alicyclic amines) is 1. The summed E-state index contributed by atoms with van der Waals surface area (Å²) in [5.74, 6) is 1.15. The predicted octanol–water partition coefficient (Wildman–Crippen LogP) is 5.07. The molecule has 3 aromatic heterocycles. The van der Waals surface area contributed by atoms with Gasteiger partial charge in [0, 0.05) is 25.3 Å². The van der Waals surface area contributed by atoms with Gasteiger partial charge in [-0.3, -0.25) is 9.59 Å². The summed E-state index contributed by atoms with van der Waals surface area (Å²) in [6, 6.07) is 13.9. The summed E-state index contributed by atoms with van der Waals surface area (Å²) in [4.78, 5) is 51.7. The number of rotatable bonds is 6. The molecule has 10 nitrogen and oxygen atoms in total. The first-order valence-corrected chi connectivity index (χ1v) is 13.3. The van der Waals surface area contributed by atoms with Crippen LogP contribution in [0.25, 0.3) is 10.2 Å². The molecule has 1 fully saturated rings. The maximum atomic E-state index is 13.3. The van der Waals surface area contributed by atoms with Crippen LogP contribution in [0.1, 0.15) is 22.5 Å². The van der Waals surface area contributed by atoms with E-state index in [2.05, 4.69) is 27.2 Å². The van der Waals surface area contributed by atoms with Gasteiger partial charge in [0.05, 0.1) is 23.0 Å². The first-order chi connectivity index (χ1) is 19.0. The van der Waals surface area contributed by atoms with Crippen LogP contribution in [0.15, 0.2) is 73.6 Å². The van der Waals surface area contributed by atoms with Crippen LogP contribution in [0.5, 0.6) is 11.5 Å². The highest BCUT2D eigenvalue weighted by atomic mass is 32.1. The summed E-state index contributed by atoms with van der Waals surface area (Å²) in [5, 5.41) is 6.58. The van der Waals surface area contributed by atoms with Crippen molar-refractivity contribution in [2.75, 3.05) is 23.3 Å². The zero-order chi connectivity index (χ0) is 26.9. The number of carbonyl (C=O) groups excluding carboxylic acids is 3. The molecule has 1 atom stereocenters. The molecule has 0 saturated carbocycles. The lowest BCUT2D eigenvalue weighted by Gasteiger charge is -2.32.